The molecule has 3 aromatic carbocycles. The molecule has 0 aromatic heterocycles. The Morgan fingerprint density at radius 2 is 1.55 bits per heavy atom. The van der Waals surface area contributed by atoms with Crippen LogP contribution in [0.2, 0.25) is 5.02 Å². The molecule has 0 saturated heterocycles. The first kappa shape index (κ1) is 22.7. The molecule has 0 aliphatic heterocycles. The molecular formula is C23H23ClN2O4S. The monoisotopic (exact) mass is 458 g/mol. The summed E-state index contributed by atoms with van der Waals surface area (Å²) in [5.74, 6) is 0.173. The number of hydrogen-bond acceptors (Lipinski definition) is 4. The average Bonchev–Trinajstić information content (AvgIpc) is 2.72. The van der Waals surface area contributed by atoms with Crippen LogP contribution in [0, 0.1) is 20.8 Å². The van der Waals surface area contributed by atoms with E-state index in [0.717, 1.165) is 16.7 Å². The van der Waals surface area contributed by atoms with Crippen molar-refractivity contribution in [3.05, 3.63) is 82.4 Å². The number of anilines is 2. The van der Waals surface area contributed by atoms with Crippen molar-refractivity contribution in [2.24, 2.45) is 0 Å². The molecule has 3 rings (SSSR count). The van der Waals surface area contributed by atoms with Crippen LogP contribution >= 0.6 is 11.6 Å². The van der Waals surface area contributed by atoms with Gasteiger partial charge in [-0.15, -0.1) is 0 Å². The first-order chi connectivity index (χ1) is 14.6. The molecule has 0 heterocycles. The number of ether oxygens (including phenoxy) is 1. The molecule has 8 heteroatoms. The maximum atomic E-state index is 12.6. The summed E-state index contributed by atoms with van der Waals surface area (Å²) < 4.78 is 33.3. The summed E-state index contributed by atoms with van der Waals surface area (Å²) in [5.41, 5.74) is 3.89. The quantitative estimate of drug-likeness (QED) is 0.516. The van der Waals surface area contributed by atoms with E-state index < -0.39 is 10.0 Å². The van der Waals surface area contributed by atoms with E-state index in [1.807, 2.05) is 26.8 Å². The molecule has 0 bridgehead atoms. The van der Waals surface area contributed by atoms with Crippen molar-refractivity contribution in [3.63, 3.8) is 0 Å². The maximum Gasteiger partial charge on any atom is 0.262 e. The molecule has 0 aliphatic carbocycles. The minimum absolute atomic E-state index is 0.0941. The predicted molar refractivity (Wildman–Crippen MR) is 123 cm³/mol. The highest BCUT2D eigenvalue weighted by Gasteiger charge is 2.15. The second kappa shape index (κ2) is 9.41. The second-order valence-corrected chi connectivity index (χ2v) is 9.27. The Balaban J connectivity index is 1.60. The number of sulfonamides is 1. The van der Waals surface area contributed by atoms with Crippen molar-refractivity contribution in [1.29, 1.82) is 0 Å². The molecule has 0 atom stereocenters. The van der Waals surface area contributed by atoms with Crippen LogP contribution in [0.3, 0.4) is 0 Å². The van der Waals surface area contributed by atoms with Crippen LogP contribution in [0.15, 0.2) is 65.6 Å². The summed E-state index contributed by atoms with van der Waals surface area (Å²) in [6.45, 7) is 5.54. The van der Waals surface area contributed by atoms with E-state index in [4.69, 9.17) is 16.3 Å². The lowest BCUT2D eigenvalue weighted by atomic mass is 10.1. The number of nitrogens with one attached hydrogen (secondary N) is 2. The molecule has 2 N–H and O–H groups in total. The van der Waals surface area contributed by atoms with E-state index in [2.05, 4.69) is 10.0 Å². The van der Waals surface area contributed by atoms with Gasteiger partial charge in [-0.25, -0.2) is 8.42 Å². The highest BCUT2D eigenvalue weighted by atomic mass is 35.5. The van der Waals surface area contributed by atoms with Gasteiger partial charge in [0.05, 0.1) is 4.90 Å². The lowest BCUT2D eigenvalue weighted by Crippen LogP contribution is -2.20. The zero-order valence-corrected chi connectivity index (χ0v) is 19.0. The van der Waals surface area contributed by atoms with E-state index >= 15 is 0 Å². The van der Waals surface area contributed by atoms with Gasteiger partial charge in [-0.1, -0.05) is 17.7 Å². The fraction of sp³-hybridized carbons (Fsp3) is 0.174. The minimum Gasteiger partial charge on any atom is -0.484 e. The summed E-state index contributed by atoms with van der Waals surface area (Å²) in [6, 6.07) is 16.4. The van der Waals surface area contributed by atoms with E-state index in [1.165, 1.54) is 24.3 Å². The highest BCUT2D eigenvalue weighted by Crippen LogP contribution is 2.22. The maximum absolute atomic E-state index is 12.6. The van der Waals surface area contributed by atoms with Gasteiger partial charge >= 0.3 is 0 Å². The topological polar surface area (TPSA) is 84.5 Å². The van der Waals surface area contributed by atoms with Crippen LogP contribution in [-0.2, 0) is 14.8 Å². The summed E-state index contributed by atoms with van der Waals surface area (Å²) in [6.07, 6.45) is 0. The van der Waals surface area contributed by atoms with Gasteiger partial charge < -0.3 is 10.1 Å². The lowest BCUT2D eigenvalue weighted by Gasteiger charge is -2.11. The van der Waals surface area contributed by atoms with Gasteiger partial charge in [-0.2, -0.15) is 0 Å². The Labute approximate surface area is 187 Å². The number of aryl methyl sites for hydroxylation is 3. The summed E-state index contributed by atoms with van der Waals surface area (Å²) in [7, 11) is -3.74. The number of benzene rings is 3. The number of carbonyl (C=O) groups is 1. The summed E-state index contributed by atoms with van der Waals surface area (Å²) in [5, 5.41) is 3.30. The first-order valence-corrected chi connectivity index (χ1v) is 11.4. The number of halogens is 1. The molecule has 1 amide bonds. The number of hydrogen-bond donors (Lipinski definition) is 2. The highest BCUT2D eigenvalue weighted by molar-refractivity contribution is 7.92. The third kappa shape index (κ3) is 5.99. The molecule has 31 heavy (non-hydrogen) atoms. The lowest BCUT2D eigenvalue weighted by molar-refractivity contribution is -0.118. The van der Waals surface area contributed by atoms with Crippen LogP contribution < -0.4 is 14.8 Å². The van der Waals surface area contributed by atoms with E-state index in [-0.39, 0.29) is 17.4 Å². The van der Waals surface area contributed by atoms with Gasteiger partial charge in [0.15, 0.2) is 6.61 Å². The molecular weight excluding hydrogens is 436 g/mol. The molecule has 0 unspecified atom stereocenters. The third-order valence-corrected chi connectivity index (χ3v) is 6.53. The van der Waals surface area contributed by atoms with E-state index in [9.17, 15) is 13.2 Å². The Kier molecular flexibility index (Phi) is 6.87. The van der Waals surface area contributed by atoms with Crippen LogP contribution in [0.25, 0.3) is 0 Å². The predicted octanol–water partition coefficient (Wildman–Crippen LogP) is 5.08. The van der Waals surface area contributed by atoms with Gasteiger partial charge in [0.25, 0.3) is 15.9 Å². The van der Waals surface area contributed by atoms with Gasteiger partial charge in [-0.3, -0.25) is 9.52 Å². The smallest absolute Gasteiger partial charge is 0.262 e. The van der Waals surface area contributed by atoms with Gasteiger partial charge in [0.2, 0.25) is 0 Å². The van der Waals surface area contributed by atoms with Crippen molar-refractivity contribution < 1.29 is 17.9 Å². The van der Waals surface area contributed by atoms with Crippen LogP contribution in [0.4, 0.5) is 11.4 Å². The molecule has 0 fully saturated rings. The van der Waals surface area contributed by atoms with Crippen LogP contribution in [0.5, 0.6) is 5.75 Å². The van der Waals surface area contributed by atoms with Gasteiger partial charge in [0.1, 0.15) is 5.75 Å². The summed E-state index contributed by atoms with van der Waals surface area (Å²) >= 11 is 5.97. The van der Waals surface area contributed by atoms with Crippen molar-refractivity contribution in [2.75, 3.05) is 16.6 Å². The van der Waals surface area contributed by atoms with E-state index in [0.29, 0.717) is 22.1 Å². The number of amides is 1. The molecule has 0 aliphatic rings. The average molecular weight is 459 g/mol. The fourth-order valence-corrected chi connectivity index (χ4v) is 3.96. The largest absolute Gasteiger partial charge is 0.484 e. The standard InChI is InChI=1S/C23H23ClN2O4S/c1-15-4-5-19(12-16(15)2)26-31(28,29)21-9-6-18(7-10-21)25-23(27)14-30-20-8-11-22(24)17(3)13-20/h4-13,26H,14H2,1-3H3,(H,25,27). The molecule has 162 valence electrons. The SMILES string of the molecule is Cc1ccc(NS(=O)(=O)c2ccc(NC(=O)COc3ccc(Cl)c(C)c3)cc2)cc1C. The second-order valence-electron chi connectivity index (χ2n) is 7.18. The Hall–Kier alpha value is -3.03. The summed E-state index contributed by atoms with van der Waals surface area (Å²) in [4.78, 5) is 12.2. The van der Waals surface area contributed by atoms with Crippen molar-refractivity contribution in [1.82, 2.24) is 0 Å². The molecule has 0 radical (unpaired) electrons. The molecule has 0 saturated carbocycles. The molecule has 0 spiro atoms. The van der Waals surface area contributed by atoms with Crippen molar-refractivity contribution in [2.45, 2.75) is 25.7 Å². The van der Waals surface area contributed by atoms with Crippen LogP contribution in [0.1, 0.15) is 16.7 Å². The Morgan fingerprint density at radius 3 is 2.19 bits per heavy atom. The Morgan fingerprint density at radius 1 is 0.871 bits per heavy atom. The zero-order valence-electron chi connectivity index (χ0n) is 17.4. The number of carbonyl (C=O) groups excluding carboxylic acids is 1. The van der Waals surface area contributed by atoms with E-state index in [1.54, 1.807) is 30.3 Å². The van der Waals surface area contributed by atoms with Crippen LogP contribution in [-0.4, -0.2) is 20.9 Å². The fourth-order valence-electron chi connectivity index (χ4n) is 2.79. The first-order valence-electron chi connectivity index (χ1n) is 9.53. The molecule has 3 aromatic rings. The zero-order chi connectivity index (χ0) is 22.6. The molecule has 6 nitrogen and oxygen atoms in total. The van der Waals surface area contributed by atoms with Crippen molar-refractivity contribution >= 4 is 38.9 Å². The van der Waals surface area contributed by atoms with Gasteiger partial charge in [-0.05, 0) is 92.1 Å². The minimum atomic E-state index is -3.74. The normalized spacial score (nSPS) is 11.1. The van der Waals surface area contributed by atoms with Crippen molar-refractivity contribution in [3.8, 4) is 5.75 Å². The number of rotatable bonds is 7. The van der Waals surface area contributed by atoms with Gasteiger partial charge in [0, 0.05) is 16.4 Å². The third-order valence-electron chi connectivity index (χ3n) is 4.71. The Bertz CT molecular complexity index is 1210.